The smallest absolute Gasteiger partial charge is 0.251 e. The van der Waals surface area contributed by atoms with Gasteiger partial charge in [-0.25, -0.2) is 13.1 Å². The van der Waals surface area contributed by atoms with E-state index in [4.69, 9.17) is 0 Å². The number of amides is 1. The zero-order chi connectivity index (χ0) is 21.6. The van der Waals surface area contributed by atoms with Gasteiger partial charge < -0.3 is 5.32 Å². The molecule has 7 nitrogen and oxygen atoms in total. The standard InChI is InChI=1S/C22H26N4O3S/c1-17-10-11-20(30(28,29)25-15-18-7-4-3-5-8-18)13-21(17)22(27)23-12-6-9-19-14-24-26(2)16-19/h3-5,7-8,10-11,13-14,16,25H,6,9,12,15H2,1-2H3,(H,23,27). The van der Waals surface area contributed by atoms with Crippen LogP contribution in [0.5, 0.6) is 0 Å². The molecular weight excluding hydrogens is 400 g/mol. The minimum Gasteiger partial charge on any atom is -0.352 e. The monoisotopic (exact) mass is 426 g/mol. The van der Waals surface area contributed by atoms with Crippen molar-refractivity contribution in [3.8, 4) is 0 Å². The average Bonchev–Trinajstić information content (AvgIpc) is 3.15. The fourth-order valence-corrected chi connectivity index (χ4v) is 4.10. The largest absolute Gasteiger partial charge is 0.352 e. The summed E-state index contributed by atoms with van der Waals surface area (Å²) in [7, 11) is -1.86. The van der Waals surface area contributed by atoms with E-state index in [1.54, 1.807) is 17.7 Å². The molecule has 3 rings (SSSR count). The first-order valence-corrected chi connectivity index (χ1v) is 11.2. The van der Waals surface area contributed by atoms with Gasteiger partial charge in [0.1, 0.15) is 0 Å². The Labute approximate surface area is 177 Å². The molecule has 0 atom stereocenters. The Bertz CT molecular complexity index is 1110. The molecule has 2 N–H and O–H groups in total. The third kappa shape index (κ3) is 5.77. The number of hydrogen-bond donors (Lipinski definition) is 2. The van der Waals surface area contributed by atoms with Gasteiger partial charge in [0.25, 0.3) is 5.91 Å². The summed E-state index contributed by atoms with van der Waals surface area (Å²) in [6.07, 6.45) is 5.34. The molecule has 1 heterocycles. The molecule has 0 aliphatic heterocycles. The minimum absolute atomic E-state index is 0.0736. The van der Waals surface area contributed by atoms with Crippen LogP contribution >= 0.6 is 0 Å². The molecule has 30 heavy (non-hydrogen) atoms. The third-order valence-corrected chi connectivity index (χ3v) is 6.16. The number of carbonyl (C=O) groups excluding carboxylic acids is 1. The van der Waals surface area contributed by atoms with Crippen LogP contribution in [0.1, 0.15) is 33.5 Å². The summed E-state index contributed by atoms with van der Waals surface area (Å²) < 4.78 is 29.6. The van der Waals surface area contributed by atoms with Gasteiger partial charge in [0.05, 0.1) is 11.1 Å². The summed E-state index contributed by atoms with van der Waals surface area (Å²) in [4.78, 5) is 12.7. The Morgan fingerprint density at radius 3 is 2.57 bits per heavy atom. The summed E-state index contributed by atoms with van der Waals surface area (Å²) >= 11 is 0. The molecule has 0 radical (unpaired) electrons. The molecule has 0 saturated carbocycles. The van der Waals surface area contributed by atoms with Crippen LogP contribution in [-0.4, -0.2) is 30.7 Å². The van der Waals surface area contributed by atoms with E-state index in [0.717, 1.165) is 29.5 Å². The van der Waals surface area contributed by atoms with Gasteiger partial charge >= 0.3 is 0 Å². The van der Waals surface area contributed by atoms with E-state index >= 15 is 0 Å². The highest BCUT2D eigenvalue weighted by atomic mass is 32.2. The number of rotatable bonds is 9. The van der Waals surface area contributed by atoms with Crippen LogP contribution in [0.25, 0.3) is 0 Å². The zero-order valence-electron chi connectivity index (χ0n) is 17.1. The molecule has 1 aromatic heterocycles. The second-order valence-electron chi connectivity index (χ2n) is 7.17. The molecule has 0 aliphatic rings. The molecule has 0 bridgehead atoms. The summed E-state index contributed by atoms with van der Waals surface area (Å²) in [5.74, 6) is -0.279. The van der Waals surface area contributed by atoms with Gasteiger partial charge in [-0.2, -0.15) is 5.10 Å². The van der Waals surface area contributed by atoms with Gasteiger partial charge in [-0.05, 0) is 48.6 Å². The van der Waals surface area contributed by atoms with Crippen molar-refractivity contribution in [2.75, 3.05) is 6.54 Å². The van der Waals surface area contributed by atoms with E-state index < -0.39 is 10.0 Å². The topological polar surface area (TPSA) is 93.1 Å². The molecule has 3 aromatic rings. The van der Waals surface area contributed by atoms with Crippen LogP contribution in [0.15, 0.2) is 65.8 Å². The number of benzene rings is 2. The van der Waals surface area contributed by atoms with Crippen LogP contribution in [0.2, 0.25) is 0 Å². The predicted molar refractivity (Wildman–Crippen MR) is 116 cm³/mol. The van der Waals surface area contributed by atoms with Crippen molar-refractivity contribution < 1.29 is 13.2 Å². The highest BCUT2D eigenvalue weighted by molar-refractivity contribution is 7.89. The van der Waals surface area contributed by atoms with Crippen LogP contribution in [0.3, 0.4) is 0 Å². The Morgan fingerprint density at radius 2 is 1.87 bits per heavy atom. The van der Waals surface area contributed by atoms with Crippen LogP contribution in [0, 0.1) is 6.92 Å². The van der Waals surface area contributed by atoms with Crippen molar-refractivity contribution in [3.05, 3.63) is 83.2 Å². The summed E-state index contributed by atoms with van der Waals surface area (Å²) in [6.45, 7) is 2.47. The average molecular weight is 427 g/mol. The number of nitrogens with one attached hydrogen (secondary N) is 2. The molecule has 0 unspecified atom stereocenters. The van der Waals surface area contributed by atoms with Gasteiger partial charge in [-0.3, -0.25) is 9.48 Å². The number of nitrogens with zero attached hydrogens (tertiary/aromatic N) is 2. The molecule has 0 fully saturated rings. The van der Waals surface area contributed by atoms with Gasteiger partial charge in [-0.1, -0.05) is 36.4 Å². The first kappa shape index (κ1) is 21.7. The quantitative estimate of drug-likeness (QED) is 0.514. The van der Waals surface area contributed by atoms with Gasteiger partial charge in [0, 0.05) is 31.9 Å². The van der Waals surface area contributed by atoms with E-state index in [0.29, 0.717) is 12.1 Å². The van der Waals surface area contributed by atoms with Crippen LogP contribution in [0.4, 0.5) is 0 Å². The molecule has 1 amide bonds. The number of aromatic nitrogens is 2. The Balaban J connectivity index is 1.61. The Kier molecular flexibility index (Phi) is 7.02. The number of carbonyl (C=O) groups is 1. The van der Waals surface area contributed by atoms with Crippen LogP contribution < -0.4 is 10.0 Å². The van der Waals surface area contributed by atoms with Crippen molar-refractivity contribution in [1.29, 1.82) is 0 Å². The van der Waals surface area contributed by atoms with E-state index in [9.17, 15) is 13.2 Å². The van der Waals surface area contributed by atoms with Crippen molar-refractivity contribution in [3.63, 3.8) is 0 Å². The number of aryl methyl sites for hydroxylation is 3. The normalized spacial score (nSPS) is 11.4. The lowest BCUT2D eigenvalue weighted by molar-refractivity contribution is 0.0952. The highest BCUT2D eigenvalue weighted by Crippen LogP contribution is 2.16. The summed E-state index contributed by atoms with van der Waals surface area (Å²) in [5, 5.41) is 7.00. The fraction of sp³-hybridized carbons (Fsp3) is 0.273. The third-order valence-electron chi connectivity index (χ3n) is 4.76. The van der Waals surface area contributed by atoms with E-state index in [-0.39, 0.29) is 17.3 Å². The van der Waals surface area contributed by atoms with Crippen molar-refractivity contribution in [2.45, 2.75) is 31.2 Å². The first-order valence-electron chi connectivity index (χ1n) is 9.75. The van der Waals surface area contributed by atoms with Crippen molar-refractivity contribution in [2.24, 2.45) is 7.05 Å². The summed E-state index contributed by atoms with van der Waals surface area (Å²) in [6, 6.07) is 13.9. The number of sulfonamides is 1. The molecule has 8 heteroatoms. The lowest BCUT2D eigenvalue weighted by atomic mass is 10.1. The fourth-order valence-electron chi connectivity index (χ4n) is 3.06. The summed E-state index contributed by atoms with van der Waals surface area (Å²) in [5.41, 5.74) is 3.06. The lowest BCUT2D eigenvalue weighted by Crippen LogP contribution is -2.27. The molecule has 0 spiro atoms. The van der Waals surface area contributed by atoms with Gasteiger partial charge in [0.15, 0.2) is 0 Å². The molecular formula is C22H26N4O3S. The number of hydrogen-bond acceptors (Lipinski definition) is 4. The van der Waals surface area contributed by atoms with E-state index in [2.05, 4.69) is 15.1 Å². The van der Waals surface area contributed by atoms with Gasteiger partial charge in [0.2, 0.25) is 10.0 Å². The predicted octanol–water partition coefficient (Wildman–Crippen LogP) is 2.57. The molecule has 0 aliphatic carbocycles. The first-order chi connectivity index (χ1) is 14.3. The second-order valence-corrected chi connectivity index (χ2v) is 8.94. The highest BCUT2D eigenvalue weighted by Gasteiger charge is 2.18. The maximum Gasteiger partial charge on any atom is 0.251 e. The maximum atomic E-state index is 12.7. The van der Waals surface area contributed by atoms with Gasteiger partial charge in [-0.15, -0.1) is 0 Å². The Hall–Kier alpha value is -2.97. The van der Waals surface area contributed by atoms with Crippen molar-refractivity contribution >= 4 is 15.9 Å². The van der Waals surface area contributed by atoms with Crippen LogP contribution in [-0.2, 0) is 30.0 Å². The SMILES string of the molecule is Cc1ccc(S(=O)(=O)NCc2ccccc2)cc1C(=O)NCCCc1cnn(C)c1. The van der Waals surface area contributed by atoms with E-state index in [1.165, 1.54) is 12.1 Å². The zero-order valence-corrected chi connectivity index (χ0v) is 17.9. The Morgan fingerprint density at radius 1 is 1.10 bits per heavy atom. The molecule has 2 aromatic carbocycles. The molecule has 0 saturated heterocycles. The lowest BCUT2D eigenvalue weighted by Gasteiger charge is -2.11. The minimum atomic E-state index is -3.73. The van der Waals surface area contributed by atoms with Crippen molar-refractivity contribution in [1.82, 2.24) is 19.8 Å². The second kappa shape index (κ2) is 9.69. The molecule has 158 valence electrons. The maximum absolute atomic E-state index is 12.7. The van der Waals surface area contributed by atoms with E-state index in [1.807, 2.05) is 49.8 Å².